The molecule has 1 aliphatic heterocycles. The zero-order valence-electron chi connectivity index (χ0n) is 21.6. The number of fused-ring (bicyclic) bond motifs is 1. The summed E-state index contributed by atoms with van der Waals surface area (Å²) < 4.78 is 17.1. The minimum Gasteiger partial charge on any atom is -0.507 e. The summed E-state index contributed by atoms with van der Waals surface area (Å²) in [6.07, 6.45) is 0. The molecule has 1 fully saturated rings. The quantitative estimate of drug-likeness (QED) is 0.198. The third kappa shape index (κ3) is 4.14. The number of carbonyl (C=O) groups excluding carboxylic acids is 2. The van der Waals surface area contributed by atoms with E-state index in [1.165, 1.54) is 37.6 Å². The lowest BCUT2D eigenvalue weighted by molar-refractivity contribution is -0.132. The van der Waals surface area contributed by atoms with Crippen LogP contribution < -0.4 is 19.1 Å². The minimum absolute atomic E-state index is 0.0531. The van der Waals surface area contributed by atoms with E-state index < -0.39 is 17.7 Å². The molecule has 1 aliphatic rings. The molecule has 194 valence electrons. The number of aromatic nitrogens is 1. The van der Waals surface area contributed by atoms with Gasteiger partial charge in [-0.15, -0.1) is 0 Å². The van der Waals surface area contributed by atoms with Crippen molar-refractivity contribution in [1.29, 1.82) is 0 Å². The molecule has 3 aromatic carbocycles. The van der Waals surface area contributed by atoms with E-state index in [1.807, 2.05) is 26.0 Å². The predicted octanol–water partition coefficient (Wildman–Crippen LogP) is 5.57. The first-order valence-corrected chi connectivity index (χ1v) is 12.6. The van der Waals surface area contributed by atoms with Gasteiger partial charge in [0, 0.05) is 5.56 Å². The van der Waals surface area contributed by atoms with E-state index in [4.69, 9.17) is 19.2 Å². The van der Waals surface area contributed by atoms with E-state index in [-0.39, 0.29) is 11.3 Å². The van der Waals surface area contributed by atoms with Crippen LogP contribution in [0.4, 0.5) is 5.13 Å². The van der Waals surface area contributed by atoms with Crippen LogP contribution in [0.5, 0.6) is 17.2 Å². The van der Waals surface area contributed by atoms with Crippen LogP contribution in [0.2, 0.25) is 0 Å². The first-order chi connectivity index (χ1) is 18.3. The summed E-state index contributed by atoms with van der Waals surface area (Å²) in [4.78, 5) is 33.2. The van der Waals surface area contributed by atoms with Gasteiger partial charge in [0.05, 0.1) is 43.2 Å². The van der Waals surface area contributed by atoms with Crippen molar-refractivity contribution >= 4 is 44.1 Å². The molecule has 0 aliphatic carbocycles. The Morgan fingerprint density at radius 1 is 0.947 bits per heavy atom. The summed E-state index contributed by atoms with van der Waals surface area (Å²) in [7, 11) is 4.55. The van der Waals surface area contributed by atoms with Gasteiger partial charge in [0.25, 0.3) is 5.78 Å². The molecule has 0 bridgehead atoms. The number of anilines is 1. The Bertz CT molecular complexity index is 1620. The fraction of sp³-hybridized carbons (Fsp3) is 0.207. The molecule has 2 heterocycles. The number of carbonyl (C=O) groups is 2. The Labute approximate surface area is 223 Å². The largest absolute Gasteiger partial charge is 0.507 e. The van der Waals surface area contributed by atoms with Gasteiger partial charge < -0.3 is 19.3 Å². The molecule has 1 N–H and O–H groups in total. The monoisotopic (exact) mass is 530 g/mol. The standard InChI is InChI=1S/C29H26N2O6S/c1-15-11-16(2)24-22(12-15)38-29(30-24)31-25(17-9-10-20(36-4)21(14-17)37-5)23(27(33)28(31)34)26(32)18-7-6-8-19(13-18)35-3/h6-14,25,32H,1-5H3/b26-23+/t25-/m0/s1. The van der Waals surface area contributed by atoms with Crippen molar-refractivity contribution in [2.45, 2.75) is 19.9 Å². The van der Waals surface area contributed by atoms with Crippen LogP contribution in [0, 0.1) is 13.8 Å². The summed E-state index contributed by atoms with van der Waals surface area (Å²) in [5, 5.41) is 11.8. The highest BCUT2D eigenvalue weighted by molar-refractivity contribution is 7.22. The number of aryl methyl sites for hydroxylation is 2. The SMILES string of the molecule is COc1cccc(/C(O)=C2\C(=O)C(=O)N(c3nc4c(C)cc(C)cc4s3)[C@H]2c2ccc(OC)c(OC)c2)c1. The topological polar surface area (TPSA) is 98.2 Å². The molecule has 0 saturated carbocycles. The number of aliphatic hydroxyl groups is 1. The van der Waals surface area contributed by atoms with Crippen molar-refractivity contribution < 1.29 is 28.9 Å². The number of benzene rings is 3. The number of ketones is 1. The van der Waals surface area contributed by atoms with Crippen LogP contribution in [-0.4, -0.2) is 43.1 Å². The Morgan fingerprint density at radius 2 is 1.71 bits per heavy atom. The molecule has 1 atom stereocenters. The minimum atomic E-state index is -0.956. The molecule has 0 spiro atoms. The molecule has 5 rings (SSSR count). The summed E-state index contributed by atoms with van der Waals surface area (Å²) in [6.45, 7) is 3.96. The van der Waals surface area contributed by atoms with Crippen molar-refractivity contribution in [2.24, 2.45) is 0 Å². The number of aliphatic hydroxyl groups excluding tert-OH is 1. The first kappa shape index (κ1) is 25.3. The number of nitrogens with zero attached hydrogens (tertiary/aromatic N) is 2. The Balaban J connectivity index is 1.76. The highest BCUT2D eigenvalue weighted by Gasteiger charge is 2.48. The summed E-state index contributed by atoms with van der Waals surface area (Å²) in [6, 6.07) is 14.9. The normalized spacial score (nSPS) is 16.8. The van der Waals surface area contributed by atoms with Crippen molar-refractivity contribution in [3.8, 4) is 17.2 Å². The molecule has 1 saturated heterocycles. The number of thiazole rings is 1. The lowest BCUT2D eigenvalue weighted by atomic mass is 9.95. The van der Waals surface area contributed by atoms with Crippen LogP contribution in [0.15, 0.2) is 60.2 Å². The van der Waals surface area contributed by atoms with Gasteiger partial charge in [-0.1, -0.05) is 35.6 Å². The second-order valence-corrected chi connectivity index (χ2v) is 9.95. The second kappa shape index (κ2) is 9.83. The van der Waals surface area contributed by atoms with Crippen LogP contribution in [0.1, 0.15) is 28.3 Å². The molecular formula is C29H26N2O6S. The van der Waals surface area contributed by atoms with Gasteiger partial charge in [0.15, 0.2) is 16.6 Å². The third-order valence-corrected chi connectivity index (χ3v) is 7.54. The average molecular weight is 531 g/mol. The van der Waals surface area contributed by atoms with E-state index in [2.05, 4.69) is 0 Å². The van der Waals surface area contributed by atoms with Crippen LogP contribution >= 0.6 is 11.3 Å². The Morgan fingerprint density at radius 3 is 2.42 bits per heavy atom. The zero-order chi connectivity index (χ0) is 27.1. The molecule has 8 nitrogen and oxygen atoms in total. The van der Waals surface area contributed by atoms with E-state index in [9.17, 15) is 14.7 Å². The number of Topliss-reactive ketones (excluding diaryl/α,β-unsaturated/α-hetero) is 1. The van der Waals surface area contributed by atoms with Crippen molar-refractivity contribution in [3.63, 3.8) is 0 Å². The number of hydrogen-bond donors (Lipinski definition) is 1. The highest BCUT2D eigenvalue weighted by Crippen LogP contribution is 2.46. The smallest absolute Gasteiger partial charge is 0.301 e. The molecule has 4 aromatic rings. The highest BCUT2D eigenvalue weighted by atomic mass is 32.1. The first-order valence-electron chi connectivity index (χ1n) is 11.8. The predicted molar refractivity (Wildman–Crippen MR) is 146 cm³/mol. The molecule has 38 heavy (non-hydrogen) atoms. The maximum Gasteiger partial charge on any atom is 0.301 e. The van der Waals surface area contributed by atoms with Gasteiger partial charge in [-0.2, -0.15) is 0 Å². The Kier molecular flexibility index (Phi) is 6.54. The second-order valence-electron chi connectivity index (χ2n) is 8.94. The van der Waals surface area contributed by atoms with E-state index in [1.54, 1.807) is 42.5 Å². The summed E-state index contributed by atoms with van der Waals surface area (Å²) in [5.74, 6) is -0.472. The number of amides is 1. The fourth-order valence-corrected chi connectivity index (χ4v) is 5.92. The van der Waals surface area contributed by atoms with Crippen LogP contribution in [0.3, 0.4) is 0 Å². The Hall–Kier alpha value is -4.37. The molecule has 9 heteroatoms. The number of hydrogen-bond acceptors (Lipinski definition) is 8. The molecule has 0 unspecified atom stereocenters. The van der Waals surface area contributed by atoms with Gasteiger partial charge >= 0.3 is 5.91 Å². The van der Waals surface area contributed by atoms with Crippen LogP contribution in [-0.2, 0) is 9.59 Å². The van der Waals surface area contributed by atoms with Crippen LogP contribution in [0.25, 0.3) is 16.0 Å². The average Bonchev–Trinajstić information content (AvgIpc) is 3.46. The maximum absolute atomic E-state index is 13.6. The van der Waals surface area contributed by atoms with Crippen molar-refractivity contribution in [3.05, 3.63) is 82.4 Å². The molecular weight excluding hydrogens is 504 g/mol. The van der Waals surface area contributed by atoms with Crippen molar-refractivity contribution in [1.82, 2.24) is 4.98 Å². The lowest BCUT2D eigenvalue weighted by Crippen LogP contribution is -2.29. The fourth-order valence-electron chi connectivity index (χ4n) is 4.76. The molecule has 1 amide bonds. The van der Waals surface area contributed by atoms with Gasteiger partial charge in [0.2, 0.25) is 0 Å². The van der Waals surface area contributed by atoms with Gasteiger partial charge in [-0.05, 0) is 60.9 Å². The third-order valence-electron chi connectivity index (χ3n) is 6.54. The zero-order valence-corrected chi connectivity index (χ0v) is 22.4. The number of rotatable bonds is 6. The van der Waals surface area contributed by atoms with Crippen molar-refractivity contribution in [2.75, 3.05) is 26.2 Å². The van der Waals surface area contributed by atoms with Gasteiger partial charge in [-0.25, -0.2) is 4.98 Å². The number of methoxy groups -OCH3 is 3. The van der Waals surface area contributed by atoms with E-state index in [0.29, 0.717) is 33.5 Å². The molecule has 0 radical (unpaired) electrons. The maximum atomic E-state index is 13.6. The van der Waals surface area contributed by atoms with Gasteiger partial charge in [-0.3, -0.25) is 14.5 Å². The summed E-state index contributed by atoms with van der Waals surface area (Å²) >= 11 is 1.32. The summed E-state index contributed by atoms with van der Waals surface area (Å²) in [5.41, 5.74) is 3.65. The van der Waals surface area contributed by atoms with E-state index >= 15 is 0 Å². The van der Waals surface area contributed by atoms with Gasteiger partial charge in [0.1, 0.15) is 11.5 Å². The lowest BCUT2D eigenvalue weighted by Gasteiger charge is -2.23. The van der Waals surface area contributed by atoms with E-state index in [0.717, 1.165) is 21.3 Å². The molecule has 1 aromatic heterocycles. The number of ether oxygens (including phenoxy) is 3.